The van der Waals surface area contributed by atoms with Crippen LogP contribution in [0.15, 0.2) is 30.3 Å². The van der Waals surface area contributed by atoms with Gasteiger partial charge in [-0.3, -0.25) is 9.59 Å². The van der Waals surface area contributed by atoms with Gasteiger partial charge in [0.05, 0.1) is 0 Å². The van der Waals surface area contributed by atoms with Crippen LogP contribution in [0.1, 0.15) is 45.1 Å². The molecule has 1 aromatic rings. The lowest BCUT2D eigenvalue weighted by atomic mass is 10.1. The van der Waals surface area contributed by atoms with Gasteiger partial charge in [0.2, 0.25) is 11.8 Å². The maximum Gasteiger partial charge on any atom is 0.221 e. The number of amides is 2. The van der Waals surface area contributed by atoms with E-state index in [-0.39, 0.29) is 11.8 Å². The summed E-state index contributed by atoms with van der Waals surface area (Å²) in [7, 11) is 0. The van der Waals surface area contributed by atoms with Gasteiger partial charge in [0, 0.05) is 33.0 Å². The van der Waals surface area contributed by atoms with Crippen LogP contribution in [-0.2, 0) is 16.0 Å². The molecule has 4 nitrogen and oxygen atoms in total. The van der Waals surface area contributed by atoms with Crippen LogP contribution < -0.4 is 5.32 Å². The zero-order valence-corrected chi connectivity index (χ0v) is 13.8. The summed E-state index contributed by atoms with van der Waals surface area (Å²) in [5.74, 6) is 0.0526. The van der Waals surface area contributed by atoms with E-state index >= 15 is 0 Å². The first-order valence-corrected chi connectivity index (χ1v) is 8.19. The van der Waals surface area contributed by atoms with Gasteiger partial charge in [0.1, 0.15) is 0 Å². The summed E-state index contributed by atoms with van der Waals surface area (Å²) >= 11 is 0. The van der Waals surface area contributed by atoms with E-state index < -0.39 is 0 Å². The minimum absolute atomic E-state index is 0.0229. The molecule has 0 saturated heterocycles. The fraction of sp³-hybridized carbons (Fsp3) is 0.556. The monoisotopic (exact) mass is 304 g/mol. The number of nitrogens with zero attached hydrogens (tertiary/aromatic N) is 1. The van der Waals surface area contributed by atoms with Crippen LogP contribution in [0, 0.1) is 0 Å². The second-order valence-corrected chi connectivity index (χ2v) is 5.55. The summed E-state index contributed by atoms with van der Waals surface area (Å²) in [5, 5.41) is 2.91. The first kappa shape index (κ1) is 18.2. The van der Waals surface area contributed by atoms with Crippen molar-refractivity contribution in [1.29, 1.82) is 0 Å². The van der Waals surface area contributed by atoms with Crippen molar-refractivity contribution in [2.75, 3.05) is 19.6 Å². The normalized spacial score (nSPS) is 10.3. The van der Waals surface area contributed by atoms with Gasteiger partial charge in [0.15, 0.2) is 0 Å². The van der Waals surface area contributed by atoms with E-state index in [0.29, 0.717) is 19.5 Å². The molecule has 0 heterocycles. The van der Waals surface area contributed by atoms with Crippen molar-refractivity contribution >= 4 is 11.8 Å². The molecule has 0 aliphatic rings. The molecule has 0 aliphatic carbocycles. The minimum Gasteiger partial charge on any atom is -0.356 e. The van der Waals surface area contributed by atoms with Gasteiger partial charge < -0.3 is 10.2 Å². The maximum atomic E-state index is 11.8. The Labute approximate surface area is 133 Å². The Kier molecular flexibility index (Phi) is 8.96. The van der Waals surface area contributed by atoms with Crippen molar-refractivity contribution in [3.8, 4) is 0 Å². The van der Waals surface area contributed by atoms with Gasteiger partial charge in [-0.15, -0.1) is 0 Å². The van der Waals surface area contributed by atoms with Crippen LogP contribution in [0.4, 0.5) is 0 Å². The van der Waals surface area contributed by atoms with Crippen LogP contribution in [0.25, 0.3) is 0 Å². The molecule has 1 aromatic carbocycles. The van der Waals surface area contributed by atoms with Gasteiger partial charge >= 0.3 is 0 Å². The van der Waals surface area contributed by atoms with Crippen molar-refractivity contribution in [2.45, 2.75) is 46.0 Å². The van der Waals surface area contributed by atoms with Crippen molar-refractivity contribution in [1.82, 2.24) is 10.2 Å². The number of unbranched alkanes of at least 4 members (excludes halogenated alkanes) is 2. The standard InChI is InChI=1S/C18H28N2O2/c1-3-4-8-13-19-18(22)12-15-20(16(2)21)14-11-17-9-6-5-7-10-17/h5-7,9-10H,3-4,8,11-15H2,1-2H3,(H,19,22). The fourth-order valence-electron chi connectivity index (χ4n) is 2.26. The Morgan fingerprint density at radius 2 is 1.82 bits per heavy atom. The number of rotatable bonds is 10. The summed E-state index contributed by atoms with van der Waals surface area (Å²) in [6, 6.07) is 10.1. The second kappa shape index (κ2) is 10.8. The van der Waals surface area contributed by atoms with Gasteiger partial charge in [-0.2, -0.15) is 0 Å². The molecule has 22 heavy (non-hydrogen) atoms. The Balaban J connectivity index is 2.29. The lowest BCUT2D eigenvalue weighted by Crippen LogP contribution is -2.35. The summed E-state index contributed by atoms with van der Waals surface area (Å²) in [6.07, 6.45) is 4.50. The number of carbonyl (C=O) groups excluding carboxylic acids is 2. The van der Waals surface area contributed by atoms with Gasteiger partial charge in [-0.05, 0) is 18.4 Å². The Morgan fingerprint density at radius 3 is 2.45 bits per heavy atom. The van der Waals surface area contributed by atoms with Gasteiger partial charge in [-0.25, -0.2) is 0 Å². The first-order chi connectivity index (χ1) is 10.6. The molecule has 0 aliphatic heterocycles. The van der Waals surface area contributed by atoms with E-state index in [0.717, 1.165) is 32.2 Å². The van der Waals surface area contributed by atoms with Gasteiger partial charge in [-0.1, -0.05) is 50.1 Å². The summed E-state index contributed by atoms with van der Waals surface area (Å²) in [4.78, 5) is 25.2. The molecule has 0 fully saturated rings. The second-order valence-electron chi connectivity index (χ2n) is 5.55. The Bertz CT molecular complexity index is 446. The number of nitrogens with one attached hydrogen (secondary N) is 1. The number of hydrogen-bond donors (Lipinski definition) is 1. The predicted molar refractivity (Wildman–Crippen MR) is 89.6 cm³/mol. The molecule has 0 unspecified atom stereocenters. The minimum atomic E-state index is 0.0229. The van der Waals surface area contributed by atoms with Crippen LogP contribution in [-0.4, -0.2) is 36.3 Å². The molecule has 1 N–H and O–H groups in total. The van der Waals surface area contributed by atoms with E-state index in [1.165, 1.54) is 5.56 Å². The number of carbonyl (C=O) groups is 2. The zero-order chi connectivity index (χ0) is 16.2. The molecule has 4 heteroatoms. The molecule has 0 radical (unpaired) electrons. The lowest BCUT2D eigenvalue weighted by molar-refractivity contribution is -0.129. The van der Waals surface area contributed by atoms with Crippen LogP contribution in [0.2, 0.25) is 0 Å². The highest BCUT2D eigenvalue weighted by Gasteiger charge is 2.11. The summed E-state index contributed by atoms with van der Waals surface area (Å²) in [6.45, 7) is 5.57. The average molecular weight is 304 g/mol. The highest BCUT2D eigenvalue weighted by Crippen LogP contribution is 2.03. The zero-order valence-electron chi connectivity index (χ0n) is 13.8. The Hall–Kier alpha value is -1.84. The van der Waals surface area contributed by atoms with E-state index in [1.54, 1.807) is 11.8 Å². The van der Waals surface area contributed by atoms with E-state index in [4.69, 9.17) is 0 Å². The van der Waals surface area contributed by atoms with E-state index in [1.807, 2.05) is 18.2 Å². The SMILES string of the molecule is CCCCCNC(=O)CCN(CCc1ccccc1)C(C)=O. The van der Waals surface area contributed by atoms with E-state index in [2.05, 4.69) is 24.4 Å². The van der Waals surface area contributed by atoms with Crippen LogP contribution in [0.5, 0.6) is 0 Å². The predicted octanol–water partition coefficient (Wildman–Crippen LogP) is 2.77. The third-order valence-electron chi connectivity index (χ3n) is 3.67. The Morgan fingerprint density at radius 1 is 1.09 bits per heavy atom. The molecule has 0 aromatic heterocycles. The first-order valence-electron chi connectivity index (χ1n) is 8.19. The molecule has 1 rings (SSSR count). The number of hydrogen-bond acceptors (Lipinski definition) is 2. The van der Waals surface area contributed by atoms with Crippen LogP contribution in [0.3, 0.4) is 0 Å². The quantitative estimate of drug-likeness (QED) is 0.676. The molecule has 2 amide bonds. The molecule has 122 valence electrons. The number of benzene rings is 1. The molecular formula is C18H28N2O2. The molecular weight excluding hydrogens is 276 g/mol. The van der Waals surface area contributed by atoms with Crippen molar-refractivity contribution in [3.05, 3.63) is 35.9 Å². The van der Waals surface area contributed by atoms with Crippen molar-refractivity contribution in [2.24, 2.45) is 0 Å². The third kappa shape index (κ3) is 7.81. The highest BCUT2D eigenvalue weighted by molar-refractivity contribution is 5.77. The fourth-order valence-corrected chi connectivity index (χ4v) is 2.26. The lowest BCUT2D eigenvalue weighted by Gasteiger charge is -2.20. The molecule has 0 saturated carbocycles. The summed E-state index contributed by atoms with van der Waals surface area (Å²) in [5.41, 5.74) is 1.21. The van der Waals surface area contributed by atoms with Gasteiger partial charge in [0.25, 0.3) is 0 Å². The smallest absolute Gasteiger partial charge is 0.221 e. The van der Waals surface area contributed by atoms with Crippen molar-refractivity contribution < 1.29 is 9.59 Å². The maximum absolute atomic E-state index is 11.8. The molecule has 0 bridgehead atoms. The highest BCUT2D eigenvalue weighted by atomic mass is 16.2. The summed E-state index contributed by atoms with van der Waals surface area (Å²) < 4.78 is 0. The molecule has 0 atom stereocenters. The third-order valence-corrected chi connectivity index (χ3v) is 3.67. The topological polar surface area (TPSA) is 49.4 Å². The van der Waals surface area contributed by atoms with Crippen molar-refractivity contribution in [3.63, 3.8) is 0 Å². The molecule has 0 spiro atoms. The largest absolute Gasteiger partial charge is 0.356 e. The van der Waals surface area contributed by atoms with Crippen LogP contribution >= 0.6 is 0 Å². The average Bonchev–Trinajstić information content (AvgIpc) is 2.52. The van der Waals surface area contributed by atoms with E-state index in [9.17, 15) is 9.59 Å².